The number of aryl methyl sites for hydroxylation is 1. The molecule has 1 aromatic heterocycles. The summed E-state index contributed by atoms with van der Waals surface area (Å²) in [4.78, 5) is 27.4. The molecule has 0 saturated heterocycles. The van der Waals surface area contributed by atoms with Gasteiger partial charge in [-0.3, -0.25) is 9.59 Å². The van der Waals surface area contributed by atoms with E-state index in [0.29, 0.717) is 11.7 Å². The number of nitrogens with zero attached hydrogens (tertiary/aromatic N) is 2. The fraction of sp³-hybridized carbons (Fsp3) is 0.312. The van der Waals surface area contributed by atoms with Crippen LogP contribution in [0.3, 0.4) is 0 Å². The van der Waals surface area contributed by atoms with Crippen molar-refractivity contribution >= 4 is 33.6 Å². The van der Waals surface area contributed by atoms with Gasteiger partial charge in [0, 0.05) is 23.3 Å². The van der Waals surface area contributed by atoms with E-state index in [1.54, 1.807) is 6.20 Å². The Labute approximate surface area is 147 Å². The Morgan fingerprint density at radius 2 is 2.04 bits per heavy atom. The number of halogens is 1. The van der Waals surface area contributed by atoms with Crippen LogP contribution in [0.2, 0.25) is 0 Å². The summed E-state index contributed by atoms with van der Waals surface area (Å²) in [6.45, 7) is 4.60. The lowest BCUT2D eigenvalue weighted by Gasteiger charge is -2.15. The van der Waals surface area contributed by atoms with Crippen LogP contribution in [0.1, 0.15) is 25.5 Å². The molecule has 7 heteroatoms. The Kier molecular flexibility index (Phi) is 6.41. The molecule has 1 N–H and O–H groups in total. The third-order valence-corrected chi connectivity index (χ3v) is 4.79. The molecule has 0 saturated carbocycles. The van der Waals surface area contributed by atoms with Crippen molar-refractivity contribution < 1.29 is 4.79 Å². The maximum Gasteiger partial charge on any atom is 0.273 e. The first-order chi connectivity index (χ1) is 11.0. The van der Waals surface area contributed by atoms with E-state index in [9.17, 15) is 9.59 Å². The summed E-state index contributed by atoms with van der Waals surface area (Å²) < 4.78 is 2.85. The van der Waals surface area contributed by atoms with Crippen LogP contribution in [0.25, 0.3) is 0 Å². The lowest BCUT2D eigenvalue weighted by molar-refractivity contribution is -0.119. The quantitative estimate of drug-likeness (QED) is 0.602. The second-order valence-electron chi connectivity index (χ2n) is 4.96. The molecular weight excluding hydrogens is 378 g/mol. The van der Waals surface area contributed by atoms with Gasteiger partial charge < -0.3 is 9.88 Å². The Bertz CT molecular complexity index is 731. The molecule has 2 rings (SSSR count). The van der Waals surface area contributed by atoms with Crippen molar-refractivity contribution in [3.05, 3.63) is 56.9 Å². The molecule has 0 fully saturated rings. The summed E-state index contributed by atoms with van der Waals surface area (Å²) in [7, 11) is 0. The lowest BCUT2D eigenvalue weighted by Crippen LogP contribution is -2.28. The molecule has 23 heavy (non-hydrogen) atoms. The van der Waals surface area contributed by atoms with E-state index in [-0.39, 0.29) is 23.3 Å². The van der Waals surface area contributed by atoms with Crippen LogP contribution in [-0.2, 0) is 11.3 Å². The second kappa shape index (κ2) is 8.31. The minimum atomic E-state index is -0.291. The van der Waals surface area contributed by atoms with Gasteiger partial charge in [0.25, 0.3) is 5.56 Å². The average Bonchev–Trinajstić information content (AvgIpc) is 2.53. The van der Waals surface area contributed by atoms with Gasteiger partial charge in [-0.2, -0.15) is 4.98 Å². The van der Waals surface area contributed by atoms with Crippen LogP contribution < -0.4 is 10.9 Å². The monoisotopic (exact) mass is 395 g/mol. The number of aromatic nitrogens is 2. The van der Waals surface area contributed by atoms with E-state index < -0.39 is 0 Å². The molecule has 0 aliphatic carbocycles. The number of rotatable bonds is 6. The molecule has 1 aromatic carbocycles. The van der Waals surface area contributed by atoms with Gasteiger partial charge in [0.15, 0.2) is 5.16 Å². The first-order valence-electron chi connectivity index (χ1n) is 7.24. The number of carbonyl (C=O) groups excluding carboxylic acids is 1. The fourth-order valence-electron chi connectivity index (χ4n) is 2.02. The Hall–Kier alpha value is -1.60. The zero-order valence-electron chi connectivity index (χ0n) is 13.0. The summed E-state index contributed by atoms with van der Waals surface area (Å²) in [5.74, 6) is 0.128. The van der Waals surface area contributed by atoms with Gasteiger partial charge in [0.2, 0.25) is 5.91 Å². The van der Waals surface area contributed by atoms with Gasteiger partial charge in [-0.15, -0.1) is 0 Å². The van der Waals surface area contributed by atoms with Gasteiger partial charge in [0.05, 0.1) is 11.8 Å². The van der Waals surface area contributed by atoms with Crippen LogP contribution in [-0.4, -0.2) is 21.2 Å². The molecule has 5 nitrogen and oxygen atoms in total. The molecule has 0 aliphatic rings. The Balaban J connectivity index is 1.93. The maximum atomic E-state index is 12.1. The highest BCUT2D eigenvalue weighted by molar-refractivity contribution is 9.10. The number of hydrogen-bond acceptors (Lipinski definition) is 4. The molecule has 0 bridgehead atoms. The number of hydrogen-bond donors (Lipinski definition) is 1. The SMILES string of the molecule is CCn1ccc(=O)nc1SCC(=O)NC(C)c1ccc(Br)cc1. The van der Waals surface area contributed by atoms with Crippen LogP contribution in [0.5, 0.6) is 0 Å². The normalized spacial score (nSPS) is 12.0. The molecule has 1 heterocycles. The summed E-state index contributed by atoms with van der Waals surface area (Å²) >= 11 is 4.66. The first kappa shape index (κ1) is 17.7. The number of carbonyl (C=O) groups is 1. The third-order valence-electron chi connectivity index (χ3n) is 3.27. The minimum Gasteiger partial charge on any atom is -0.349 e. The van der Waals surface area contributed by atoms with Crippen LogP contribution in [0.4, 0.5) is 0 Å². The van der Waals surface area contributed by atoms with E-state index in [1.165, 1.54) is 17.8 Å². The Morgan fingerprint density at radius 1 is 1.35 bits per heavy atom. The third kappa shape index (κ3) is 5.21. The zero-order chi connectivity index (χ0) is 16.8. The van der Waals surface area contributed by atoms with Crippen LogP contribution in [0, 0.1) is 0 Å². The number of benzene rings is 1. The molecule has 0 aliphatic heterocycles. The summed E-state index contributed by atoms with van der Waals surface area (Å²) in [5.41, 5.74) is 0.746. The molecule has 0 radical (unpaired) electrons. The molecule has 0 spiro atoms. The van der Waals surface area contributed by atoms with Crippen LogP contribution >= 0.6 is 27.7 Å². The van der Waals surface area contributed by atoms with Crippen molar-refractivity contribution in [1.82, 2.24) is 14.9 Å². The average molecular weight is 396 g/mol. The second-order valence-corrected chi connectivity index (χ2v) is 6.82. The van der Waals surface area contributed by atoms with Crippen molar-refractivity contribution in [1.29, 1.82) is 0 Å². The fourth-order valence-corrected chi connectivity index (χ4v) is 3.14. The van der Waals surface area contributed by atoms with Gasteiger partial charge in [-0.25, -0.2) is 0 Å². The topological polar surface area (TPSA) is 64.0 Å². The predicted octanol–water partition coefficient (Wildman–Crippen LogP) is 3.00. The zero-order valence-corrected chi connectivity index (χ0v) is 15.4. The van der Waals surface area contributed by atoms with Crippen molar-refractivity contribution in [3.63, 3.8) is 0 Å². The molecular formula is C16H18BrN3O2S. The van der Waals surface area contributed by atoms with E-state index in [0.717, 1.165) is 10.0 Å². The molecule has 2 aromatic rings. The number of amides is 1. The highest BCUT2D eigenvalue weighted by Crippen LogP contribution is 2.18. The lowest BCUT2D eigenvalue weighted by atomic mass is 10.1. The van der Waals surface area contributed by atoms with Crippen LogP contribution in [0.15, 0.2) is 51.0 Å². The summed E-state index contributed by atoms with van der Waals surface area (Å²) in [6.07, 6.45) is 1.69. The van der Waals surface area contributed by atoms with Gasteiger partial charge in [-0.1, -0.05) is 39.8 Å². The highest BCUT2D eigenvalue weighted by Gasteiger charge is 2.11. The van der Waals surface area contributed by atoms with Crippen molar-refractivity contribution in [2.24, 2.45) is 0 Å². The summed E-state index contributed by atoms with van der Waals surface area (Å²) in [6, 6.07) is 9.17. The molecule has 1 amide bonds. The van der Waals surface area contributed by atoms with Crippen molar-refractivity contribution in [2.45, 2.75) is 31.6 Å². The first-order valence-corrected chi connectivity index (χ1v) is 9.02. The number of thioether (sulfide) groups is 1. The van der Waals surface area contributed by atoms with Crippen molar-refractivity contribution in [2.75, 3.05) is 5.75 Å². The maximum absolute atomic E-state index is 12.1. The number of nitrogens with one attached hydrogen (secondary N) is 1. The molecule has 122 valence electrons. The van der Waals surface area contributed by atoms with Gasteiger partial charge >= 0.3 is 0 Å². The standard InChI is InChI=1S/C16H18BrN3O2S/c1-3-20-9-8-14(21)19-16(20)23-10-15(22)18-11(2)12-4-6-13(17)7-5-12/h4-9,11H,3,10H2,1-2H3,(H,18,22). The minimum absolute atomic E-state index is 0.0756. The van der Waals surface area contributed by atoms with Gasteiger partial charge in [0.1, 0.15) is 0 Å². The summed E-state index contributed by atoms with van der Waals surface area (Å²) in [5, 5.41) is 3.51. The predicted molar refractivity (Wildman–Crippen MR) is 95.6 cm³/mol. The van der Waals surface area contributed by atoms with Gasteiger partial charge in [-0.05, 0) is 31.5 Å². The van der Waals surface area contributed by atoms with E-state index in [4.69, 9.17) is 0 Å². The Morgan fingerprint density at radius 3 is 2.70 bits per heavy atom. The van der Waals surface area contributed by atoms with E-state index in [1.807, 2.05) is 42.7 Å². The smallest absolute Gasteiger partial charge is 0.273 e. The molecule has 1 atom stereocenters. The molecule has 1 unspecified atom stereocenters. The highest BCUT2D eigenvalue weighted by atomic mass is 79.9. The van der Waals surface area contributed by atoms with E-state index in [2.05, 4.69) is 26.2 Å². The largest absolute Gasteiger partial charge is 0.349 e. The van der Waals surface area contributed by atoms with E-state index >= 15 is 0 Å². The van der Waals surface area contributed by atoms with Crippen molar-refractivity contribution in [3.8, 4) is 0 Å².